The highest BCUT2D eigenvalue weighted by molar-refractivity contribution is 5.84. The van der Waals surface area contributed by atoms with Crippen LogP contribution in [0.3, 0.4) is 0 Å². The molecule has 1 heterocycles. The van der Waals surface area contributed by atoms with Gasteiger partial charge in [-0.25, -0.2) is 0 Å². The van der Waals surface area contributed by atoms with E-state index >= 15 is 0 Å². The van der Waals surface area contributed by atoms with Crippen molar-refractivity contribution in [1.82, 2.24) is 4.98 Å². The first kappa shape index (κ1) is 9.76. The number of benzene rings is 1. The minimum atomic E-state index is -4.58. The molecule has 0 saturated heterocycles. The summed E-state index contributed by atoms with van der Waals surface area (Å²) in [5.41, 5.74) is -0.823. The van der Waals surface area contributed by atoms with Crippen LogP contribution in [-0.2, 0) is 6.18 Å². The van der Waals surface area contributed by atoms with E-state index in [0.29, 0.717) is 0 Å². The van der Waals surface area contributed by atoms with E-state index in [2.05, 4.69) is 4.98 Å². The van der Waals surface area contributed by atoms with Crippen molar-refractivity contribution in [3.05, 3.63) is 36.0 Å². The van der Waals surface area contributed by atoms with E-state index in [9.17, 15) is 13.2 Å². The van der Waals surface area contributed by atoms with Gasteiger partial charge in [-0.2, -0.15) is 13.2 Å². The van der Waals surface area contributed by atoms with Gasteiger partial charge in [0.25, 0.3) is 0 Å². The number of pyridine rings is 1. The molecule has 78 valence electrons. The molecule has 0 spiro atoms. The van der Waals surface area contributed by atoms with Gasteiger partial charge in [-0.15, -0.1) is 0 Å². The van der Waals surface area contributed by atoms with Gasteiger partial charge in [0.15, 0.2) is 0 Å². The van der Waals surface area contributed by atoms with E-state index in [1.165, 1.54) is 18.2 Å². The standard InChI is InChI=1S/C10H6F3NO/c11-10(12,13)9-6-3-1-2-4-7(6)14-5-8(9)15/h1-5,15H. The molecule has 0 aliphatic heterocycles. The molecule has 5 heteroatoms. The van der Waals surface area contributed by atoms with Crippen molar-refractivity contribution >= 4 is 10.9 Å². The lowest BCUT2D eigenvalue weighted by Gasteiger charge is -2.11. The topological polar surface area (TPSA) is 33.1 Å². The molecule has 0 atom stereocenters. The van der Waals surface area contributed by atoms with Crippen molar-refractivity contribution in [3.8, 4) is 5.75 Å². The maximum absolute atomic E-state index is 12.6. The summed E-state index contributed by atoms with van der Waals surface area (Å²) in [5.74, 6) is -0.846. The number of aromatic hydroxyl groups is 1. The summed E-state index contributed by atoms with van der Waals surface area (Å²) >= 11 is 0. The van der Waals surface area contributed by atoms with Gasteiger partial charge in [0.1, 0.15) is 11.3 Å². The summed E-state index contributed by atoms with van der Waals surface area (Å²) < 4.78 is 37.8. The number of aromatic nitrogens is 1. The Hall–Kier alpha value is -1.78. The van der Waals surface area contributed by atoms with Crippen LogP contribution < -0.4 is 0 Å². The monoisotopic (exact) mass is 213 g/mol. The zero-order valence-electron chi connectivity index (χ0n) is 7.42. The lowest BCUT2D eigenvalue weighted by Crippen LogP contribution is -2.06. The van der Waals surface area contributed by atoms with E-state index in [4.69, 9.17) is 5.11 Å². The van der Waals surface area contributed by atoms with Gasteiger partial charge < -0.3 is 5.11 Å². The van der Waals surface area contributed by atoms with Crippen molar-refractivity contribution in [3.63, 3.8) is 0 Å². The Balaban J connectivity index is 2.86. The second-order valence-electron chi connectivity index (χ2n) is 3.03. The van der Waals surface area contributed by atoms with E-state index < -0.39 is 17.5 Å². The largest absolute Gasteiger partial charge is 0.506 e. The Kier molecular flexibility index (Phi) is 2.03. The molecule has 2 aromatic rings. The Morgan fingerprint density at radius 1 is 1.13 bits per heavy atom. The van der Waals surface area contributed by atoms with Crippen molar-refractivity contribution in [2.75, 3.05) is 0 Å². The molecule has 2 nitrogen and oxygen atoms in total. The number of para-hydroxylation sites is 1. The quantitative estimate of drug-likeness (QED) is 0.729. The normalized spacial score (nSPS) is 11.9. The highest BCUT2D eigenvalue weighted by atomic mass is 19.4. The molecular formula is C10H6F3NO. The molecular weight excluding hydrogens is 207 g/mol. The third-order valence-corrected chi connectivity index (χ3v) is 2.04. The fraction of sp³-hybridized carbons (Fsp3) is 0.100. The van der Waals surface area contributed by atoms with Gasteiger partial charge >= 0.3 is 6.18 Å². The summed E-state index contributed by atoms with van der Waals surface area (Å²) in [5, 5.41) is 9.07. The molecule has 0 aliphatic carbocycles. The lowest BCUT2D eigenvalue weighted by molar-refractivity contribution is -0.137. The molecule has 0 aliphatic rings. The van der Waals surface area contributed by atoms with Crippen LogP contribution in [0.2, 0.25) is 0 Å². The van der Waals surface area contributed by atoms with Crippen LogP contribution >= 0.6 is 0 Å². The molecule has 0 amide bonds. The first-order chi connectivity index (χ1) is 7.00. The van der Waals surface area contributed by atoms with E-state index in [0.717, 1.165) is 6.20 Å². The zero-order valence-corrected chi connectivity index (χ0v) is 7.42. The number of alkyl halides is 3. The maximum Gasteiger partial charge on any atom is 0.420 e. The molecule has 0 unspecified atom stereocenters. The average molecular weight is 213 g/mol. The molecule has 0 radical (unpaired) electrons. The Bertz CT molecular complexity index is 507. The number of nitrogens with zero attached hydrogens (tertiary/aromatic N) is 1. The third-order valence-electron chi connectivity index (χ3n) is 2.04. The van der Waals surface area contributed by atoms with Crippen LogP contribution in [-0.4, -0.2) is 10.1 Å². The fourth-order valence-corrected chi connectivity index (χ4v) is 1.43. The highest BCUT2D eigenvalue weighted by Crippen LogP contribution is 2.39. The summed E-state index contributed by atoms with van der Waals surface area (Å²) in [7, 11) is 0. The van der Waals surface area contributed by atoms with Crippen LogP contribution in [0.5, 0.6) is 5.75 Å². The molecule has 2 rings (SSSR count). The van der Waals surface area contributed by atoms with Crippen molar-refractivity contribution in [1.29, 1.82) is 0 Å². The Morgan fingerprint density at radius 3 is 2.47 bits per heavy atom. The summed E-state index contributed by atoms with van der Waals surface area (Å²) in [6, 6.07) is 5.81. The summed E-state index contributed by atoms with van der Waals surface area (Å²) in [4.78, 5) is 3.70. The first-order valence-corrected chi connectivity index (χ1v) is 4.14. The predicted octanol–water partition coefficient (Wildman–Crippen LogP) is 2.96. The van der Waals surface area contributed by atoms with Gasteiger partial charge in [0, 0.05) is 5.39 Å². The fourth-order valence-electron chi connectivity index (χ4n) is 1.43. The number of fused-ring (bicyclic) bond motifs is 1. The molecule has 0 bridgehead atoms. The van der Waals surface area contributed by atoms with Crippen LogP contribution in [0.1, 0.15) is 5.56 Å². The molecule has 15 heavy (non-hydrogen) atoms. The number of rotatable bonds is 0. The number of halogens is 3. The average Bonchev–Trinajstić information content (AvgIpc) is 2.15. The number of hydrogen-bond acceptors (Lipinski definition) is 2. The molecule has 1 N–H and O–H groups in total. The van der Waals surface area contributed by atoms with Crippen LogP contribution in [0.25, 0.3) is 10.9 Å². The van der Waals surface area contributed by atoms with Gasteiger partial charge in [-0.05, 0) is 6.07 Å². The lowest BCUT2D eigenvalue weighted by atomic mass is 10.1. The van der Waals surface area contributed by atoms with Gasteiger partial charge in [0.05, 0.1) is 11.7 Å². The van der Waals surface area contributed by atoms with Crippen molar-refractivity contribution < 1.29 is 18.3 Å². The second-order valence-corrected chi connectivity index (χ2v) is 3.03. The maximum atomic E-state index is 12.6. The molecule has 0 fully saturated rings. The molecule has 0 saturated carbocycles. The smallest absolute Gasteiger partial charge is 0.420 e. The van der Waals surface area contributed by atoms with Crippen molar-refractivity contribution in [2.24, 2.45) is 0 Å². The Labute approximate surface area is 83.0 Å². The van der Waals surface area contributed by atoms with Gasteiger partial charge in [0.2, 0.25) is 0 Å². The first-order valence-electron chi connectivity index (χ1n) is 4.14. The SMILES string of the molecule is Oc1cnc2ccccc2c1C(F)(F)F. The molecule has 1 aromatic heterocycles. The minimum Gasteiger partial charge on any atom is -0.506 e. The predicted molar refractivity (Wildman–Crippen MR) is 48.4 cm³/mol. The second kappa shape index (κ2) is 3.12. The van der Waals surface area contributed by atoms with Crippen LogP contribution in [0, 0.1) is 0 Å². The summed E-state index contributed by atoms with van der Waals surface area (Å²) in [6.45, 7) is 0. The summed E-state index contributed by atoms with van der Waals surface area (Å²) in [6.07, 6.45) is -3.77. The van der Waals surface area contributed by atoms with Crippen LogP contribution in [0.4, 0.5) is 13.2 Å². The minimum absolute atomic E-state index is 0.0926. The van der Waals surface area contributed by atoms with E-state index in [1.54, 1.807) is 6.07 Å². The van der Waals surface area contributed by atoms with E-state index in [1.807, 2.05) is 0 Å². The molecule has 1 aromatic carbocycles. The van der Waals surface area contributed by atoms with Gasteiger partial charge in [-0.3, -0.25) is 4.98 Å². The Morgan fingerprint density at radius 2 is 1.80 bits per heavy atom. The van der Waals surface area contributed by atoms with Gasteiger partial charge in [-0.1, -0.05) is 18.2 Å². The third kappa shape index (κ3) is 1.60. The zero-order chi connectivity index (χ0) is 11.1. The van der Waals surface area contributed by atoms with Crippen molar-refractivity contribution in [2.45, 2.75) is 6.18 Å². The van der Waals surface area contributed by atoms with Crippen LogP contribution in [0.15, 0.2) is 30.5 Å². The van der Waals surface area contributed by atoms with E-state index in [-0.39, 0.29) is 10.9 Å². The highest BCUT2D eigenvalue weighted by Gasteiger charge is 2.36. The number of hydrogen-bond donors (Lipinski definition) is 1.